The standard InChI is InChI=1S/C15H28O6/c1-8-18-13(4)11-10(3)20-15(21-11,12(16-6)17-7)14(13,5)19-9-2/h10-12H,8-9H2,1-7H3. The number of hydrogen-bond donors (Lipinski definition) is 0. The zero-order valence-electron chi connectivity index (χ0n) is 14.1. The van der Waals surface area contributed by atoms with Crippen molar-refractivity contribution >= 4 is 0 Å². The molecule has 0 N–H and O–H groups in total. The third-order valence-corrected chi connectivity index (χ3v) is 4.86. The second-order valence-electron chi connectivity index (χ2n) is 5.84. The van der Waals surface area contributed by atoms with E-state index in [4.69, 9.17) is 28.4 Å². The lowest BCUT2D eigenvalue weighted by Gasteiger charge is -2.52. The lowest BCUT2D eigenvalue weighted by molar-refractivity contribution is -0.373. The van der Waals surface area contributed by atoms with E-state index in [1.165, 1.54) is 0 Å². The number of rotatable bonds is 7. The molecule has 0 amide bonds. The minimum absolute atomic E-state index is 0.136. The van der Waals surface area contributed by atoms with Gasteiger partial charge in [-0.3, -0.25) is 0 Å². The quantitative estimate of drug-likeness (QED) is 0.667. The predicted molar refractivity (Wildman–Crippen MR) is 76.0 cm³/mol. The molecule has 0 aromatic heterocycles. The van der Waals surface area contributed by atoms with E-state index >= 15 is 0 Å². The zero-order chi connectivity index (χ0) is 15.9. The maximum atomic E-state index is 6.23. The molecule has 0 aromatic rings. The van der Waals surface area contributed by atoms with Crippen molar-refractivity contribution in [3.63, 3.8) is 0 Å². The van der Waals surface area contributed by atoms with Crippen molar-refractivity contribution in [2.24, 2.45) is 0 Å². The third kappa shape index (κ3) is 2.00. The summed E-state index contributed by atoms with van der Waals surface area (Å²) in [7, 11) is 3.13. The molecular weight excluding hydrogens is 276 g/mol. The molecule has 6 heteroatoms. The molecule has 5 atom stereocenters. The van der Waals surface area contributed by atoms with E-state index in [0.717, 1.165) is 0 Å². The Kier molecular flexibility index (Phi) is 4.69. The third-order valence-electron chi connectivity index (χ3n) is 4.86. The molecule has 2 heterocycles. The van der Waals surface area contributed by atoms with Gasteiger partial charge < -0.3 is 28.4 Å². The highest BCUT2D eigenvalue weighted by molar-refractivity contribution is 5.22. The van der Waals surface area contributed by atoms with Crippen molar-refractivity contribution in [3.8, 4) is 0 Å². The van der Waals surface area contributed by atoms with Crippen molar-refractivity contribution in [1.82, 2.24) is 0 Å². The fourth-order valence-electron chi connectivity index (χ4n) is 3.85. The van der Waals surface area contributed by atoms with Crippen LogP contribution in [0.2, 0.25) is 0 Å². The fraction of sp³-hybridized carbons (Fsp3) is 1.00. The smallest absolute Gasteiger partial charge is 0.254 e. The van der Waals surface area contributed by atoms with Gasteiger partial charge in [0.05, 0.1) is 6.10 Å². The molecule has 2 saturated heterocycles. The zero-order valence-corrected chi connectivity index (χ0v) is 14.1. The Bertz CT molecular complexity index is 373. The Morgan fingerprint density at radius 3 is 2.05 bits per heavy atom. The first-order valence-electron chi connectivity index (χ1n) is 7.56. The molecule has 21 heavy (non-hydrogen) atoms. The Balaban J connectivity index is 2.52. The summed E-state index contributed by atoms with van der Waals surface area (Å²) in [4.78, 5) is 0. The summed E-state index contributed by atoms with van der Waals surface area (Å²) in [6.07, 6.45) is -1.09. The van der Waals surface area contributed by atoms with E-state index in [2.05, 4.69) is 0 Å². The van der Waals surface area contributed by atoms with Crippen molar-refractivity contribution in [1.29, 1.82) is 0 Å². The topological polar surface area (TPSA) is 55.4 Å². The lowest BCUT2D eigenvalue weighted by Crippen LogP contribution is -2.72. The van der Waals surface area contributed by atoms with Crippen LogP contribution in [-0.2, 0) is 28.4 Å². The predicted octanol–water partition coefficient (Wildman–Crippen LogP) is 1.71. The summed E-state index contributed by atoms with van der Waals surface area (Å²) in [5.41, 5.74) is -1.50. The molecule has 5 unspecified atom stereocenters. The molecule has 0 aliphatic carbocycles. The van der Waals surface area contributed by atoms with Crippen LogP contribution >= 0.6 is 0 Å². The molecule has 0 aromatic carbocycles. The monoisotopic (exact) mass is 304 g/mol. The van der Waals surface area contributed by atoms with E-state index in [0.29, 0.717) is 13.2 Å². The van der Waals surface area contributed by atoms with Crippen LogP contribution < -0.4 is 0 Å². The maximum absolute atomic E-state index is 6.23. The first-order chi connectivity index (χ1) is 9.86. The average Bonchev–Trinajstić information content (AvgIpc) is 2.86. The van der Waals surface area contributed by atoms with Gasteiger partial charge in [0.25, 0.3) is 5.79 Å². The van der Waals surface area contributed by atoms with E-state index in [-0.39, 0.29) is 12.2 Å². The number of fused-ring (bicyclic) bond motifs is 2. The van der Waals surface area contributed by atoms with Crippen molar-refractivity contribution in [2.45, 2.75) is 70.1 Å². The molecule has 2 fully saturated rings. The minimum atomic E-state index is -1.15. The van der Waals surface area contributed by atoms with Crippen LogP contribution in [0, 0.1) is 0 Å². The molecule has 124 valence electrons. The van der Waals surface area contributed by atoms with Crippen LogP contribution in [0.4, 0.5) is 0 Å². The molecule has 0 saturated carbocycles. The van der Waals surface area contributed by atoms with Crippen LogP contribution in [0.1, 0.15) is 34.6 Å². The highest BCUT2D eigenvalue weighted by Crippen LogP contribution is 2.59. The average molecular weight is 304 g/mol. The number of hydrogen-bond acceptors (Lipinski definition) is 6. The number of methoxy groups -OCH3 is 2. The van der Waals surface area contributed by atoms with Gasteiger partial charge in [0, 0.05) is 27.4 Å². The van der Waals surface area contributed by atoms with Crippen molar-refractivity contribution in [3.05, 3.63) is 0 Å². The molecule has 0 spiro atoms. The molecule has 2 rings (SSSR count). The molecule has 2 aliphatic rings. The molecule has 2 aliphatic heterocycles. The van der Waals surface area contributed by atoms with E-state index in [1.54, 1.807) is 14.2 Å². The first-order valence-corrected chi connectivity index (χ1v) is 7.56. The Morgan fingerprint density at radius 2 is 1.57 bits per heavy atom. The van der Waals surface area contributed by atoms with Crippen molar-refractivity contribution in [2.75, 3.05) is 27.4 Å². The first kappa shape index (κ1) is 17.1. The van der Waals surface area contributed by atoms with Crippen LogP contribution in [-0.4, -0.2) is 62.9 Å². The molecular formula is C15H28O6. The largest absolute Gasteiger partial charge is 0.370 e. The Labute approximate surface area is 127 Å². The lowest BCUT2D eigenvalue weighted by atomic mass is 9.74. The molecule has 0 radical (unpaired) electrons. The van der Waals surface area contributed by atoms with Crippen LogP contribution in [0.3, 0.4) is 0 Å². The molecule has 6 nitrogen and oxygen atoms in total. The number of ether oxygens (including phenoxy) is 6. The maximum Gasteiger partial charge on any atom is 0.254 e. The summed E-state index contributed by atoms with van der Waals surface area (Å²) in [6.45, 7) is 10.9. The normalized spacial score (nSPS) is 45.7. The van der Waals surface area contributed by atoms with Crippen molar-refractivity contribution < 1.29 is 28.4 Å². The Hall–Kier alpha value is -0.240. The summed E-state index contributed by atoms with van der Waals surface area (Å²) in [6, 6.07) is 0. The minimum Gasteiger partial charge on any atom is -0.370 e. The summed E-state index contributed by atoms with van der Waals surface area (Å²) in [5.74, 6) is -1.15. The summed E-state index contributed by atoms with van der Waals surface area (Å²) in [5, 5.41) is 0. The van der Waals surface area contributed by atoms with Crippen LogP contribution in [0.5, 0.6) is 0 Å². The second kappa shape index (κ2) is 5.76. The van der Waals surface area contributed by atoms with E-state index in [1.807, 2.05) is 34.6 Å². The van der Waals surface area contributed by atoms with Crippen LogP contribution in [0.15, 0.2) is 0 Å². The highest BCUT2D eigenvalue weighted by atomic mass is 16.8. The van der Waals surface area contributed by atoms with E-state index in [9.17, 15) is 0 Å². The highest BCUT2D eigenvalue weighted by Gasteiger charge is 2.81. The fourth-order valence-corrected chi connectivity index (χ4v) is 3.85. The van der Waals surface area contributed by atoms with E-state index < -0.39 is 23.3 Å². The van der Waals surface area contributed by atoms with Gasteiger partial charge in [-0.2, -0.15) is 0 Å². The van der Waals surface area contributed by atoms with Gasteiger partial charge in [-0.1, -0.05) is 0 Å². The van der Waals surface area contributed by atoms with Gasteiger partial charge in [-0.15, -0.1) is 0 Å². The second-order valence-corrected chi connectivity index (χ2v) is 5.84. The SMILES string of the molecule is CCOC1(C)C2OC(C(OC)OC)(OC2C)C1(C)OCC. The van der Waals surface area contributed by atoms with Gasteiger partial charge in [0.2, 0.25) is 6.29 Å². The summed E-state index contributed by atoms with van der Waals surface area (Å²) >= 11 is 0. The molecule has 2 bridgehead atoms. The Morgan fingerprint density at radius 1 is 1.00 bits per heavy atom. The van der Waals surface area contributed by atoms with Gasteiger partial charge in [0.1, 0.15) is 11.7 Å². The van der Waals surface area contributed by atoms with Gasteiger partial charge >= 0.3 is 0 Å². The van der Waals surface area contributed by atoms with Gasteiger partial charge in [-0.25, -0.2) is 0 Å². The van der Waals surface area contributed by atoms with Crippen LogP contribution in [0.25, 0.3) is 0 Å². The van der Waals surface area contributed by atoms with Gasteiger partial charge in [-0.05, 0) is 34.6 Å². The summed E-state index contributed by atoms with van der Waals surface area (Å²) < 4.78 is 35.5. The van der Waals surface area contributed by atoms with Gasteiger partial charge in [0.15, 0.2) is 5.60 Å².